The zero-order chi connectivity index (χ0) is 15.5. The monoisotopic (exact) mass is 310 g/mol. The Morgan fingerprint density at radius 2 is 2.19 bits per heavy atom. The van der Waals surface area contributed by atoms with Crippen LogP contribution >= 0.6 is 11.6 Å². The zero-order valence-corrected chi connectivity index (χ0v) is 13.4. The van der Waals surface area contributed by atoms with Crippen molar-refractivity contribution < 1.29 is 9.90 Å². The van der Waals surface area contributed by atoms with E-state index in [0.29, 0.717) is 18.0 Å². The van der Waals surface area contributed by atoms with Crippen LogP contribution in [0.1, 0.15) is 31.7 Å². The van der Waals surface area contributed by atoms with Crippen LogP contribution in [0.4, 0.5) is 5.69 Å². The largest absolute Gasteiger partial charge is 0.390 e. The van der Waals surface area contributed by atoms with Crippen molar-refractivity contribution in [3.8, 4) is 0 Å². The Morgan fingerprint density at radius 1 is 1.43 bits per heavy atom. The van der Waals surface area contributed by atoms with Crippen LogP contribution < -0.4 is 5.32 Å². The summed E-state index contributed by atoms with van der Waals surface area (Å²) >= 11 is 6.05. The number of aliphatic hydroxyl groups is 1. The van der Waals surface area contributed by atoms with E-state index in [1.54, 1.807) is 0 Å². The molecule has 2 N–H and O–H groups in total. The van der Waals surface area contributed by atoms with Gasteiger partial charge in [-0.1, -0.05) is 17.7 Å². The van der Waals surface area contributed by atoms with Crippen LogP contribution in [0.2, 0.25) is 5.02 Å². The molecule has 1 aliphatic heterocycles. The van der Waals surface area contributed by atoms with Crippen molar-refractivity contribution in [2.45, 2.75) is 38.7 Å². The van der Waals surface area contributed by atoms with Crippen molar-refractivity contribution in [3.63, 3.8) is 0 Å². The molecule has 4 nitrogen and oxygen atoms in total. The fourth-order valence-electron chi connectivity index (χ4n) is 2.61. The van der Waals surface area contributed by atoms with Gasteiger partial charge in [-0.3, -0.25) is 9.69 Å². The predicted octanol–water partition coefficient (Wildman–Crippen LogP) is 2.82. The zero-order valence-electron chi connectivity index (χ0n) is 12.7. The van der Waals surface area contributed by atoms with Gasteiger partial charge in [0.25, 0.3) is 0 Å². The highest BCUT2D eigenvalue weighted by atomic mass is 35.5. The van der Waals surface area contributed by atoms with Gasteiger partial charge in [0.05, 0.1) is 12.1 Å². The lowest BCUT2D eigenvalue weighted by Gasteiger charge is -2.22. The number of rotatable bonds is 3. The van der Waals surface area contributed by atoms with Crippen LogP contribution in [0.15, 0.2) is 18.2 Å². The number of benzene rings is 1. The summed E-state index contributed by atoms with van der Waals surface area (Å²) in [4.78, 5) is 14.3. The number of nitrogens with zero attached hydrogens (tertiary/aromatic N) is 1. The third-order valence-electron chi connectivity index (χ3n) is 4.07. The summed E-state index contributed by atoms with van der Waals surface area (Å²) in [6.07, 6.45) is 2.41. The second-order valence-corrected chi connectivity index (χ2v) is 6.49. The maximum absolute atomic E-state index is 12.2. The van der Waals surface area contributed by atoms with Gasteiger partial charge in [-0.25, -0.2) is 0 Å². The number of hydrogen-bond donors (Lipinski definition) is 2. The molecule has 116 valence electrons. The lowest BCUT2D eigenvalue weighted by atomic mass is 9.98. The molecule has 0 bridgehead atoms. The average Bonchev–Trinajstić information content (AvgIpc) is 2.57. The molecule has 1 atom stereocenters. The summed E-state index contributed by atoms with van der Waals surface area (Å²) in [6, 6.07) is 5.49. The van der Waals surface area contributed by atoms with Crippen LogP contribution in [0.5, 0.6) is 0 Å². The minimum absolute atomic E-state index is 0.0399. The smallest absolute Gasteiger partial charge is 0.238 e. The Kier molecular flexibility index (Phi) is 5.25. The van der Waals surface area contributed by atoms with Crippen LogP contribution in [0.3, 0.4) is 0 Å². The fourth-order valence-corrected chi connectivity index (χ4v) is 2.79. The minimum Gasteiger partial charge on any atom is -0.390 e. The van der Waals surface area contributed by atoms with Crippen molar-refractivity contribution in [2.24, 2.45) is 0 Å². The van der Waals surface area contributed by atoms with Crippen LogP contribution in [0, 0.1) is 6.92 Å². The number of carbonyl (C=O) groups excluding carboxylic acids is 1. The van der Waals surface area contributed by atoms with Crippen molar-refractivity contribution in [3.05, 3.63) is 28.8 Å². The predicted molar refractivity (Wildman–Crippen MR) is 85.7 cm³/mol. The van der Waals surface area contributed by atoms with Crippen molar-refractivity contribution in [2.75, 3.05) is 25.0 Å². The Labute approximate surface area is 131 Å². The van der Waals surface area contributed by atoms with E-state index >= 15 is 0 Å². The molecular formula is C16H23ClN2O2. The standard InChI is InChI=1S/C16H23ClN2O2/c1-12-13(17)5-3-6-14(12)18-15(20)11-19-9-4-7-16(2,21)8-10-19/h3,5-6,21H,4,7-11H2,1-2H3,(H,18,20). The van der Waals surface area contributed by atoms with Gasteiger partial charge in [-0.15, -0.1) is 0 Å². The molecule has 1 saturated heterocycles. The molecule has 0 aliphatic carbocycles. The van der Waals surface area contributed by atoms with E-state index in [0.717, 1.165) is 37.2 Å². The molecule has 0 aromatic heterocycles. The summed E-state index contributed by atoms with van der Waals surface area (Å²) in [6.45, 7) is 5.70. The summed E-state index contributed by atoms with van der Waals surface area (Å²) in [5.41, 5.74) is 1.04. The molecule has 1 aromatic rings. The van der Waals surface area contributed by atoms with E-state index in [-0.39, 0.29) is 5.91 Å². The molecule has 1 amide bonds. The second-order valence-electron chi connectivity index (χ2n) is 6.09. The van der Waals surface area contributed by atoms with Crippen molar-refractivity contribution in [1.82, 2.24) is 4.90 Å². The van der Waals surface area contributed by atoms with E-state index < -0.39 is 5.60 Å². The molecule has 1 aliphatic rings. The molecule has 21 heavy (non-hydrogen) atoms. The van der Waals surface area contributed by atoms with Gasteiger partial charge >= 0.3 is 0 Å². The molecule has 5 heteroatoms. The van der Waals surface area contributed by atoms with E-state index in [9.17, 15) is 9.90 Å². The van der Waals surface area contributed by atoms with Gasteiger partial charge < -0.3 is 10.4 Å². The first-order valence-corrected chi connectivity index (χ1v) is 7.75. The summed E-state index contributed by atoms with van der Waals surface area (Å²) in [5, 5.41) is 13.6. The summed E-state index contributed by atoms with van der Waals surface area (Å²) in [7, 11) is 0. The van der Waals surface area contributed by atoms with Crippen LogP contribution in [0.25, 0.3) is 0 Å². The Balaban J connectivity index is 1.91. The molecule has 0 spiro atoms. The van der Waals surface area contributed by atoms with Crippen LogP contribution in [-0.2, 0) is 4.79 Å². The maximum Gasteiger partial charge on any atom is 0.238 e. The van der Waals surface area contributed by atoms with Gasteiger partial charge in [0.15, 0.2) is 0 Å². The summed E-state index contributed by atoms with van der Waals surface area (Å²) in [5.74, 6) is -0.0399. The molecule has 1 aromatic carbocycles. The minimum atomic E-state index is -0.602. The first-order chi connectivity index (χ1) is 9.87. The first kappa shape index (κ1) is 16.3. The number of nitrogens with one attached hydrogen (secondary N) is 1. The number of anilines is 1. The highest BCUT2D eigenvalue weighted by Crippen LogP contribution is 2.23. The van der Waals surface area contributed by atoms with E-state index in [4.69, 9.17) is 11.6 Å². The lowest BCUT2D eigenvalue weighted by molar-refractivity contribution is -0.117. The molecule has 1 unspecified atom stereocenters. The fraction of sp³-hybridized carbons (Fsp3) is 0.562. The third-order valence-corrected chi connectivity index (χ3v) is 4.47. The lowest BCUT2D eigenvalue weighted by Crippen LogP contribution is -2.35. The van der Waals surface area contributed by atoms with E-state index in [1.807, 2.05) is 32.0 Å². The molecular weight excluding hydrogens is 288 g/mol. The van der Waals surface area contributed by atoms with Gasteiger partial charge in [0, 0.05) is 17.3 Å². The highest BCUT2D eigenvalue weighted by Gasteiger charge is 2.25. The molecule has 0 saturated carbocycles. The molecule has 1 heterocycles. The molecule has 2 rings (SSSR count). The molecule has 1 fully saturated rings. The average molecular weight is 311 g/mol. The van der Waals surface area contributed by atoms with Crippen molar-refractivity contribution in [1.29, 1.82) is 0 Å². The van der Waals surface area contributed by atoms with Crippen LogP contribution in [-0.4, -0.2) is 41.1 Å². The number of carbonyl (C=O) groups is 1. The van der Waals surface area contributed by atoms with Gasteiger partial charge in [-0.05, 0) is 57.4 Å². The van der Waals surface area contributed by atoms with E-state index in [1.165, 1.54) is 0 Å². The van der Waals surface area contributed by atoms with E-state index in [2.05, 4.69) is 10.2 Å². The quantitative estimate of drug-likeness (QED) is 0.902. The second kappa shape index (κ2) is 6.77. The number of halogens is 1. The Bertz CT molecular complexity index is 517. The third kappa shape index (κ3) is 4.70. The highest BCUT2D eigenvalue weighted by molar-refractivity contribution is 6.31. The number of hydrogen-bond acceptors (Lipinski definition) is 3. The van der Waals surface area contributed by atoms with Gasteiger partial charge in [0.2, 0.25) is 5.91 Å². The molecule has 0 radical (unpaired) electrons. The topological polar surface area (TPSA) is 52.6 Å². The Hall–Kier alpha value is -1.10. The normalized spacial score (nSPS) is 23.6. The van der Waals surface area contributed by atoms with Crippen molar-refractivity contribution >= 4 is 23.2 Å². The van der Waals surface area contributed by atoms with Gasteiger partial charge in [-0.2, -0.15) is 0 Å². The maximum atomic E-state index is 12.2. The number of amides is 1. The number of likely N-dealkylation sites (tertiary alicyclic amines) is 1. The first-order valence-electron chi connectivity index (χ1n) is 7.37. The Morgan fingerprint density at radius 3 is 2.95 bits per heavy atom. The van der Waals surface area contributed by atoms with Gasteiger partial charge in [0.1, 0.15) is 0 Å². The summed E-state index contributed by atoms with van der Waals surface area (Å²) < 4.78 is 0. The SMILES string of the molecule is Cc1c(Cl)cccc1NC(=O)CN1CCCC(C)(O)CC1.